The van der Waals surface area contributed by atoms with Crippen molar-refractivity contribution in [1.82, 2.24) is 0 Å². The summed E-state index contributed by atoms with van der Waals surface area (Å²) < 4.78 is 68.6. The molecule has 3 N–H and O–H groups in total. The fourth-order valence-electron chi connectivity index (χ4n) is 11.9. The minimum atomic E-state index is -4.96. The Bertz CT molecular complexity index is 1890. The molecule has 0 aliphatic carbocycles. The quantitative estimate of drug-likeness (QED) is 0.0222. The van der Waals surface area contributed by atoms with E-state index in [2.05, 4.69) is 48.5 Å². The molecule has 0 saturated heterocycles. The number of ether oxygens (including phenoxy) is 4. The van der Waals surface area contributed by atoms with E-state index in [0.29, 0.717) is 25.7 Å². The largest absolute Gasteiger partial charge is 0.472 e. The standard InChI is InChI=1S/C78H152O17P2/c1-8-11-12-13-14-15-16-17-18-19-20-21-25-28-31-37-45-52-59-75(80)88-65-73(94-77(82)61-54-47-38-32-29-26-23-22-24-27-30-36-43-50-57-70(6)9-2)67-92-96(84,85)90-63-72(79)64-91-97(86,87)93-68-74(66-89-76(81)60-53-46-41-40-44-51-58-71(7)10-3)95-78(83)62-55-48-39-34-33-35-42-49-56-69(4)5/h69-74,79H,8-68H2,1-7H3,(H,84,85)(H,86,87)/t70?,71?,72-,73-,74-/m1/s1. The number of phosphoric acid groups is 2. The van der Waals surface area contributed by atoms with Crippen LogP contribution < -0.4 is 0 Å². The lowest BCUT2D eigenvalue weighted by Crippen LogP contribution is -2.30. The number of phosphoric ester groups is 2. The molecule has 0 rings (SSSR count). The van der Waals surface area contributed by atoms with Gasteiger partial charge in [-0.15, -0.1) is 0 Å². The maximum atomic E-state index is 13.1. The van der Waals surface area contributed by atoms with Gasteiger partial charge < -0.3 is 33.8 Å². The third kappa shape index (κ3) is 69.5. The van der Waals surface area contributed by atoms with Gasteiger partial charge in [0.1, 0.15) is 19.3 Å². The Morgan fingerprint density at radius 2 is 0.526 bits per heavy atom. The second-order valence-corrected chi connectivity index (χ2v) is 32.0. The molecule has 576 valence electrons. The Labute approximate surface area is 594 Å². The summed E-state index contributed by atoms with van der Waals surface area (Å²) in [5, 5.41) is 10.6. The van der Waals surface area contributed by atoms with Crippen LogP contribution in [0, 0.1) is 17.8 Å². The van der Waals surface area contributed by atoms with Crippen LogP contribution in [0.25, 0.3) is 0 Å². The Balaban J connectivity index is 5.23. The van der Waals surface area contributed by atoms with E-state index >= 15 is 0 Å². The first-order valence-corrected chi connectivity index (χ1v) is 43.4. The summed E-state index contributed by atoms with van der Waals surface area (Å²) in [5.74, 6) is 0.177. The van der Waals surface area contributed by atoms with Gasteiger partial charge in [0.05, 0.1) is 26.4 Å². The summed E-state index contributed by atoms with van der Waals surface area (Å²) in [5.41, 5.74) is 0. The van der Waals surface area contributed by atoms with Crippen LogP contribution in [0.15, 0.2) is 0 Å². The van der Waals surface area contributed by atoms with E-state index in [1.54, 1.807) is 0 Å². The molecule has 0 radical (unpaired) electrons. The second kappa shape index (κ2) is 68.5. The number of rotatable bonds is 76. The molecule has 0 aromatic heterocycles. The molecule has 0 spiro atoms. The number of esters is 4. The number of hydrogen-bond acceptors (Lipinski definition) is 15. The summed E-state index contributed by atoms with van der Waals surface area (Å²) in [6.07, 6.45) is 55.6. The number of aliphatic hydroxyl groups excluding tert-OH is 1. The number of aliphatic hydroxyl groups is 1. The van der Waals surface area contributed by atoms with Crippen molar-refractivity contribution in [2.75, 3.05) is 39.6 Å². The van der Waals surface area contributed by atoms with Crippen LogP contribution in [0.3, 0.4) is 0 Å². The minimum absolute atomic E-state index is 0.104. The van der Waals surface area contributed by atoms with Gasteiger partial charge in [0.2, 0.25) is 0 Å². The highest BCUT2D eigenvalue weighted by Crippen LogP contribution is 2.45. The molecular weight excluding hydrogens is 1270 g/mol. The Morgan fingerprint density at radius 1 is 0.299 bits per heavy atom. The van der Waals surface area contributed by atoms with Gasteiger partial charge in [0, 0.05) is 25.7 Å². The lowest BCUT2D eigenvalue weighted by molar-refractivity contribution is -0.161. The predicted molar refractivity (Wildman–Crippen MR) is 395 cm³/mol. The lowest BCUT2D eigenvalue weighted by Gasteiger charge is -2.21. The molecule has 19 heteroatoms. The summed E-state index contributed by atoms with van der Waals surface area (Å²) in [6, 6.07) is 0. The second-order valence-electron chi connectivity index (χ2n) is 29.1. The van der Waals surface area contributed by atoms with E-state index in [4.69, 9.17) is 37.0 Å². The SMILES string of the molecule is CCCCCCCCCCCCCCCCCCCCC(=O)OC[C@H](COP(=O)(O)OC[C@@H](O)COP(=O)(O)OC[C@@H](COC(=O)CCCCCCCCC(C)CC)OC(=O)CCCCCCCCCCC(C)C)OC(=O)CCCCCCCCCCCCCCCCC(C)CC. The highest BCUT2D eigenvalue weighted by Gasteiger charge is 2.30. The molecule has 0 aromatic rings. The maximum absolute atomic E-state index is 13.1. The van der Waals surface area contributed by atoms with Crippen LogP contribution in [-0.4, -0.2) is 96.7 Å². The minimum Gasteiger partial charge on any atom is -0.462 e. The van der Waals surface area contributed by atoms with E-state index in [-0.39, 0.29) is 25.7 Å². The van der Waals surface area contributed by atoms with E-state index in [1.807, 2.05) is 0 Å². The molecule has 0 fully saturated rings. The van der Waals surface area contributed by atoms with Crippen molar-refractivity contribution in [2.45, 2.75) is 420 Å². The number of carbonyl (C=O) groups is 4. The highest BCUT2D eigenvalue weighted by atomic mass is 31.2. The van der Waals surface area contributed by atoms with Crippen LogP contribution >= 0.6 is 15.6 Å². The topological polar surface area (TPSA) is 237 Å². The summed E-state index contributed by atoms with van der Waals surface area (Å²) in [7, 11) is -9.91. The van der Waals surface area contributed by atoms with Gasteiger partial charge in [0.15, 0.2) is 12.2 Å². The maximum Gasteiger partial charge on any atom is 0.472 e. The van der Waals surface area contributed by atoms with Gasteiger partial charge in [0.25, 0.3) is 0 Å². The van der Waals surface area contributed by atoms with Crippen molar-refractivity contribution >= 4 is 39.5 Å². The van der Waals surface area contributed by atoms with Gasteiger partial charge in [-0.2, -0.15) is 0 Å². The van der Waals surface area contributed by atoms with Crippen molar-refractivity contribution in [3.8, 4) is 0 Å². The van der Waals surface area contributed by atoms with Crippen molar-refractivity contribution in [1.29, 1.82) is 0 Å². The van der Waals surface area contributed by atoms with Gasteiger partial charge in [-0.3, -0.25) is 37.3 Å². The molecular formula is C78H152O17P2. The zero-order valence-corrected chi connectivity index (χ0v) is 65.3. The van der Waals surface area contributed by atoms with Gasteiger partial charge in [-0.1, -0.05) is 350 Å². The van der Waals surface area contributed by atoms with Crippen LogP contribution in [0.5, 0.6) is 0 Å². The molecule has 17 nitrogen and oxygen atoms in total. The zero-order valence-electron chi connectivity index (χ0n) is 63.5. The molecule has 0 amide bonds. The van der Waals surface area contributed by atoms with Crippen molar-refractivity contribution in [3.05, 3.63) is 0 Å². The lowest BCUT2D eigenvalue weighted by atomic mass is 9.99. The molecule has 4 unspecified atom stereocenters. The third-order valence-corrected chi connectivity index (χ3v) is 20.8. The first-order valence-electron chi connectivity index (χ1n) is 40.4. The molecule has 0 heterocycles. The molecule has 7 atom stereocenters. The van der Waals surface area contributed by atoms with Crippen LogP contribution in [0.2, 0.25) is 0 Å². The normalized spacial score (nSPS) is 14.6. The molecule has 97 heavy (non-hydrogen) atoms. The van der Waals surface area contributed by atoms with Gasteiger partial charge >= 0.3 is 39.5 Å². The monoisotopic (exact) mass is 1420 g/mol. The number of carbonyl (C=O) groups excluding carboxylic acids is 4. The smallest absolute Gasteiger partial charge is 0.462 e. The third-order valence-electron chi connectivity index (χ3n) is 18.9. The number of unbranched alkanes of at least 4 members (excludes halogenated alkanes) is 42. The fourth-order valence-corrected chi connectivity index (χ4v) is 13.5. The molecule has 0 saturated carbocycles. The summed E-state index contributed by atoms with van der Waals surface area (Å²) >= 11 is 0. The average Bonchev–Trinajstić information content (AvgIpc) is 1.37. The van der Waals surface area contributed by atoms with E-state index < -0.39 is 97.5 Å². The van der Waals surface area contributed by atoms with E-state index in [0.717, 1.165) is 114 Å². The van der Waals surface area contributed by atoms with Crippen LogP contribution in [0.4, 0.5) is 0 Å². The van der Waals surface area contributed by atoms with E-state index in [9.17, 15) is 43.2 Å². The Hall–Kier alpha value is -1.94. The summed E-state index contributed by atoms with van der Waals surface area (Å²) in [6.45, 7) is 11.9. The van der Waals surface area contributed by atoms with Gasteiger partial charge in [-0.25, -0.2) is 9.13 Å². The highest BCUT2D eigenvalue weighted by molar-refractivity contribution is 7.47. The average molecular weight is 1420 g/mol. The summed E-state index contributed by atoms with van der Waals surface area (Å²) in [4.78, 5) is 72.9. The van der Waals surface area contributed by atoms with Crippen molar-refractivity contribution in [2.24, 2.45) is 17.8 Å². The first kappa shape index (κ1) is 95.1. The zero-order chi connectivity index (χ0) is 71.6. The number of hydrogen-bond donors (Lipinski definition) is 3. The Morgan fingerprint density at radius 3 is 0.784 bits per heavy atom. The molecule has 0 aliphatic heterocycles. The first-order chi connectivity index (χ1) is 46.8. The van der Waals surface area contributed by atoms with Crippen molar-refractivity contribution < 1.29 is 80.2 Å². The van der Waals surface area contributed by atoms with Crippen LogP contribution in [0.1, 0.15) is 402 Å². The molecule has 0 aliphatic rings. The molecule has 0 aromatic carbocycles. The van der Waals surface area contributed by atoms with Gasteiger partial charge in [-0.05, 0) is 43.4 Å². The van der Waals surface area contributed by atoms with Crippen LogP contribution in [-0.2, 0) is 65.4 Å². The molecule has 0 bridgehead atoms. The van der Waals surface area contributed by atoms with E-state index in [1.165, 1.54) is 205 Å². The van der Waals surface area contributed by atoms with Crippen molar-refractivity contribution in [3.63, 3.8) is 0 Å². The fraction of sp³-hybridized carbons (Fsp3) is 0.949. The Kier molecular flexibility index (Phi) is 67.1. The predicted octanol–water partition coefficient (Wildman–Crippen LogP) is 23.0.